The van der Waals surface area contributed by atoms with Gasteiger partial charge in [0.25, 0.3) is 5.91 Å². The molecule has 0 radical (unpaired) electrons. The first kappa shape index (κ1) is 20.3. The maximum Gasteiger partial charge on any atom is 0.257 e. The van der Waals surface area contributed by atoms with Gasteiger partial charge < -0.3 is 4.90 Å². The highest BCUT2D eigenvalue weighted by molar-refractivity contribution is 6.23. The number of anilines is 1. The molecule has 3 amide bonds. The van der Waals surface area contributed by atoms with Gasteiger partial charge in [-0.05, 0) is 57.6 Å². The average Bonchev–Trinajstić information content (AvgIpc) is 2.98. The van der Waals surface area contributed by atoms with Crippen molar-refractivity contribution in [2.45, 2.75) is 71.3 Å². The van der Waals surface area contributed by atoms with Crippen LogP contribution in [0.4, 0.5) is 5.69 Å². The van der Waals surface area contributed by atoms with Gasteiger partial charge in [-0.3, -0.25) is 14.4 Å². The van der Waals surface area contributed by atoms with E-state index in [1.807, 2.05) is 26.0 Å². The molecule has 0 N–H and O–H groups in total. The van der Waals surface area contributed by atoms with Gasteiger partial charge in [0.05, 0.1) is 12.1 Å². The summed E-state index contributed by atoms with van der Waals surface area (Å²) in [5, 5.41) is 0. The van der Waals surface area contributed by atoms with Gasteiger partial charge in [-0.2, -0.15) is 0 Å². The Morgan fingerprint density at radius 1 is 1.18 bits per heavy atom. The number of allylic oxidation sites excluding steroid dienone is 1. The molecule has 28 heavy (non-hydrogen) atoms. The van der Waals surface area contributed by atoms with Crippen molar-refractivity contribution in [3.8, 4) is 0 Å². The second-order valence-corrected chi connectivity index (χ2v) is 7.82. The lowest BCUT2D eigenvalue weighted by Gasteiger charge is -2.28. The number of amides is 3. The van der Waals surface area contributed by atoms with E-state index >= 15 is 0 Å². The highest BCUT2D eigenvalue weighted by Gasteiger charge is 2.44. The Kier molecular flexibility index (Phi) is 6.65. The third-order valence-electron chi connectivity index (χ3n) is 5.63. The zero-order valence-corrected chi connectivity index (χ0v) is 16.9. The van der Waals surface area contributed by atoms with Crippen molar-refractivity contribution in [3.63, 3.8) is 0 Å². The Morgan fingerprint density at radius 3 is 2.57 bits per heavy atom. The van der Waals surface area contributed by atoms with E-state index in [2.05, 4.69) is 6.08 Å². The topological polar surface area (TPSA) is 57.7 Å². The summed E-state index contributed by atoms with van der Waals surface area (Å²) in [5.41, 5.74) is 3.02. The summed E-state index contributed by atoms with van der Waals surface area (Å²) in [6.45, 7) is 4.43. The van der Waals surface area contributed by atoms with E-state index in [0.717, 1.165) is 31.2 Å². The summed E-state index contributed by atoms with van der Waals surface area (Å²) in [6, 6.07) is 6.67. The molecular formula is C23H30N2O3. The van der Waals surface area contributed by atoms with Gasteiger partial charge >= 0.3 is 0 Å². The van der Waals surface area contributed by atoms with Crippen LogP contribution in [0.2, 0.25) is 0 Å². The lowest BCUT2D eigenvalue weighted by atomic mass is 9.97. The molecule has 1 aromatic carbocycles. The quantitative estimate of drug-likeness (QED) is 0.526. The number of benzene rings is 1. The molecule has 5 nitrogen and oxygen atoms in total. The maximum absolute atomic E-state index is 13.1. The molecule has 1 unspecified atom stereocenters. The molecule has 1 aliphatic carbocycles. The first-order chi connectivity index (χ1) is 13.5. The molecule has 2 aliphatic rings. The summed E-state index contributed by atoms with van der Waals surface area (Å²) >= 11 is 0. The molecule has 1 aromatic rings. The zero-order chi connectivity index (χ0) is 20.1. The van der Waals surface area contributed by atoms with Crippen LogP contribution in [-0.4, -0.2) is 35.2 Å². The van der Waals surface area contributed by atoms with Crippen LogP contribution >= 0.6 is 0 Å². The van der Waals surface area contributed by atoms with Crippen LogP contribution in [0, 0.1) is 6.92 Å². The Balaban J connectivity index is 1.77. The van der Waals surface area contributed by atoms with Gasteiger partial charge in [-0.15, -0.1) is 0 Å². The van der Waals surface area contributed by atoms with Crippen molar-refractivity contribution in [2.24, 2.45) is 0 Å². The highest BCUT2D eigenvalue weighted by Crippen LogP contribution is 2.28. The molecule has 0 bridgehead atoms. The van der Waals surface area contributed by atoms with Gasteiger partial charge in [-0.1, -0.05) is 36.3 Å². The summed E-state index contributed by atoms with van der Waals surface area (Å²) < 4.78 is 0. The molecule has 0 saturated carbocycles. The van der Waals surface area contributed by atoms with E-state index in [1.165, 1.54) is 23.3 Å². The van der Waals surface area contributed by atoms with Gasteiger partial charge in [-0.25, -0.2) is 4.90 Å². The summed E-state index contributed by atoms with van der Waals surface area (Å²) in [4.78, 5) is 41.4. The Labute approximate surface area is 167 Å². The van der Waals surface area contributed by atoms with Crippen molar-refractivity contribution in [3.05, 3.63) is 41.5 Å². The van der Waals surface area contributed by atoms with Crippen molar-refractivity contribution >= 4 is 23.4 Å². The number of hydrogen-bond acceptors (Lipinski definition) is 3. The predicted octanol–water partition coefficient (Wildman–Crippen LogP) is 4.15. The van der Waals surface area contributed by atoms with Crippen LogP contribution in [-0.2, 0) is 14.4 Å². The number of hydrogen-bond donors (Lipinski definition) is 0. The van der Waals surface area contributed by atoms with Crippen LogP contribution < -0.4 is 4.90 Å². The van der Waals surface area contributed by atoms with Crippen LogP contribution in [0.15, 0.2) is 35.9 Å². The average molecular weight is 383 g/mol. The SMILES string of the molecule is CCCC(=O)N(CCC1=CCCCC1)C1CC(=O)N(c2ccc(C)cc2)C1=O. The Morgan fingerprint density at radius 2 is 1.93 bits per heavy atom. The molecule has 0 spiro atoms. The number of aryl methyl sites for hydroxylation is 1. The minimum Gasteiger partial charge on any atom is -0.330 e. The minimum absolute atomic E-state index is 0.0317. The third kappa shape index (κ3) is 4.51. The van der Waals surface area contributed by atoms with E-state index in [1.54, 1.807) is 17.0 Å². The van der Waals surface area contributed by atoms with Crippen LogP contribution in [0.3, 0.4) is 0 Å². The van der Waals surface area contributed by atoms with Crippen LogP contribution in [0.1, 0.15) is 63.9 Å². The molecule has 5 heteroatoms. The van der Waals surface area contributed by atoms with Crippen LogP contribution in [0.25, 0.3) is 0 Å². The molecule has 1 fully saturated rings. The van der Waals surface area contributed by atoms with Gasteiger partial charge in [0, 0.05) is 13.0 Å². The van der Waals surface area contributed by atoms with E-state index in [9.17, 15) is 14.4 Å². The van der Waals surface area contributed by atoms with Gasteiger partial charge in [0.15, 0.2) is 0 Å². The molecule has 0 aromatic heterocycles. The van der Waals surface area contributed by atoms with E-state index in [-0.39, 0.29) is 24.1 Å². The predicted molar refractivity (Wildman–Crippen MR) is 110 cm³/mol. The second kappa shape index (κ2) is 9.18. The highest BCUT2D eigenvalue weighted by atomic mass is 16.2. The zero-order valence-electron chi connectivity index (χ0n) is 16.9. The lowest BCUT2D eigenvalue weighted by Crippen LogP contribution is -2.46. The monoisotopic (exact) mass is 382 g/mol. The summed E-state index contributed by atoms with van der Waals surface area (Å²) in [6.07, 6.45) is 8.85. The number of carbonyl (C=O) groups is 3. The molecule has 1 saturated heterocycles. The third-order valence-corrected chi connectivity index (χ3v) is 5.63. The normalized spacial score (nSPS) is 19.7. The second-order valence-electron chi connectivity index (χ2n) is 7.82. The Hall–Kier alpha value is -2.43. The first-order valence-electron chi connectivity index (χ1n) is 10.4. The molecule has 1 aliphatic heterocycles. The van der Waals surface area contributed by atoms with Crippen LogP contribution in [0.5, 0.6) is 0 Å². The largest absolute Gasteiger partial charge is 0.330 e. The summed E-state index contributed by atoms with van der Waals surface area (Å²) in [5.74, 6) is -0.545. The number of carbonyl (C=O) groups excluding carboxylic acids is 3. The summed E-state index contributed by atoms with van der Waals surface area (Å²) in [7, 11) is 0. The molecule has 150 valence electrons. The van der Waals surface area contributed by atoms with Gasteiger partial charge in [0.1, 0.15) is 6.04 Å². The van der Waals surface area contributed by atoms with E-state index < -0.39 is 6.04 Å². The lowest BCUT2D eigenvalue weighted by molar-refractivity contribution is -0.138. The molecular weight excluding hydrogens is 352 g/mol. The number of imide groups is 1. The Bertz CT molecular complexity index is 767. The van der Waals surface area contributed by atoms with Crippen molar-refractivity contribution in [1.82, 2.24) is 4.90 Å². The molecule has 1 atom stereocenters. The van der Waals surface area contributed by atoms with Crippen molar-refractivity contribution < 1.29 is 14.4 Å². The standard InChI is InChI=1S/C23H30N2O3/c1-3-7-21(26)24(15-14-18-8-5-4-6-9-18)20-16-22(27)25(23(20)28)19-12-10-17(2)11-13-19/h8,10-13,20H,3-7,9,14-16H2,1-2H3. The smallest absolute Gasteiger partial charge is 0.257 e. The van der Waals surface area contributed by atoms with Crippen molar-refractivity contribution in [2.75, 3.05) is 11.4 Å². The minimum atomic E-state index is -0.683. The first-order valence-corrected chi connectivity index (χ1v) is 10.4. The molecule has 3 rings (SSSR count). The van der Waals surface area contributed by atoms with E-state index in [0.29, 0.717) is 18.7 Å². The fourth-order valence-electron chi connectivity index (χ4n) is 4.03. The fourth-order valence-corrected chi connectivity index (χ4v) is 4.03. The fraction of sp³-hybridized carbons (Fsp3) is 0.522. The van der Waals surface area contributed by atoms with Gasteiger partial charge in [0.2, 0.25) is 11.8 Å². The maximum atomic E-state index is 13.1. The molecule has 1 heterocycles. The number of nitrogens with zero attached hydrogens (tertiary/aromatic N) is 2. The number of rotatable bonds is 7. The van der Waals surface area contributed by atoms with E-state index in [4.69, 9.17) is 0 Å². The van der Waals surface area contributed by atoms with Crippen molar-refractivity contribution in [1.29, 1.82) is 0 Å².